The third-order valence-corrected chi connectivity index (χ3v) is 5.16. The van der Waals surface area contributed by atoms with Crippen LogP contribution < -0.4 is 9.46 Å². The molecule has 0 atom stereocenters. The highest BCUT2D eigenvalue weighted by Gasteiger charge is 2.18. The van der Waals surface area contributed by atoms with E-state index in [9.17, 15) is 8.42 Å². The topological polar surface area (TPSA) is 79.2 Å². The van der Waals surface area contributed by atoms with Crippen molar-refractivity contribution in [3.63, 3.8) is 0 Å². The third-order valence-electron chi connectivity index (χ3n) is 2.91. The summed E-state index contributed by atoms with van der Waals surface area (Å²) in [5.41, 5.74) is 1.29. The first-order chi connectivity index (χ1) is 10.5. The summed E-state index contributed by atoms with van der Waals surface area (Å²) in [7, 11) is -2.40. The standard InChI is InChI=1S/C15H14N2O3S2/c1-11-7-8-21-15(11)9-14(10-16)22(18,19)17-12-3-5-13(20-2)6-4-12/h3-9,17H,1-2H3. The summed E-state index contributed by atoms with van der Waals surface area (Å²) in [5.74, 6) is 0.619. The van der Waals surface area contributed by atoms with Crippen molar-refractivity contribution in [2.45, 2.75) is 6.92 Å². The number of hydrogen-bond acceptors (Lipinski definition) is 5. The van der Waals surface area contributed by atoms with Gasteiger partial charge in [-0.2, -0.15) is 5.26 Å². The molecule has 0 aliphatic heterocycles. The van der Waals surface area contributed by atoms with Crippen molar-refractivity contribution in [2.24, 2.45) is 0 Å². The summed E-state index contributed by atoms with van der Waals surface area (Å²) in [6.45, 7) is 1.86. The molecule has 0 aliphatic rings. The van der Waals surface area contributed by atoms with Crippen LogP contribution in [0.2, 0.25) is 0 Å². The largest absolute Gasteiger partial charge is 0.497 e. The van der Waals surface area contributed by atoms with Gasteiger partial charge in [0.2, 0.25) is 0 Å². The number of methoxy groups -OCH3 is 1. The number of sulfonamides is 1. The lowest BCUT2D eigenvalue weighted by molar-refractivity contribution is 0.415. The maximum atomic E-state index is 12.3. The van der Waals surface area contributed by atoms with Crippen molar-refractivity contribution in [3.8, 4) is 11.8 Å². The van der Waals surface area contributed by atoms with Gasteiger partial charge in [-0.15, -0.1) is 11.3 Å². The molecule has 5 nitrogen and oxygen atoms in total. The van der Waals surface area contributed by atoms with Gasteiger partial charge in [0.05, 0.1) is 7.11 Å². The molecule has 0 unspecified atom stereocenters. The minimum atomic E-state index is -3.92. The SMILES string of the molecule is COc1ccc(NS(=O)(=O)C(C#N)=Cc2sccc2C)cc1. The Hall–Kier alpha value is -2.30. The Morgan fingerprint density at radius 3 is 2.50 bits per heavy atom. The van der Waals surface area contributed by atoms with Gasteiger partial charge in [0, 0.05) is 10.6 Å². The van der Waals surface area contributed by atoms with E-state index in [1.807, 2.05) is 18.4 Å². The molecular formula is C15H14N2O3S2. The van der Waals surface area contributed by atoms with Crippen LogP contribution in [-0.4, -0.2) is 15.5 Å². The quantitative estimate of drug-likeness (QED) is 0.850. The number of hydrogen-bond donors (Lipinski definition) is 1. The Labute approximate surface area is 133 Å². The van der Waals surface area contributed by atoms with Gasteiger partial charge >= 0.3 is 0 Å². The van der Waals surface area contributed by atoms with Crippen molar-refractivity contribution >= 4 is 33.1 Å². The number of allylic oxidation sites excluding steroid dienone is 1. The molecule has 0 amide bonds. The fraction of sp³-hybridized carbons (Fsp3) is 0.133. The normalized spacial score (nSPS) is 11.8. The Balaban J connectivity index is 2.29. The zero-order valence-corrected chi connectivity index (χ0v) is 13.7. The van der Waals surface area contributed by atoms with Gasteiger partial charge in [-0.05, 0) is 54.3 Å². The molecule has 1 N–H and O–H groups in total. The first-order valence-corrected chi connectivity index (χ1v) is 8.65. The second-order valence-corrected chi connectivity index (χ2v) is 7.02. The number of anilines is 1. The van der Waals surface area contributed by atoms with E-state index in [2.05, 4.69) is 4.72 Å². The fourth-order valence-electron chi connectivity index (χ4n) is 1.69. The molecule has 1 aromatic carbocycles. The van der Waals surface area contributed by atoms with E-state index in [0.29, 0.717) is 11.4 Å². The summed E-state index contributed by atoms with van der Waals surface area (Å²) in [4.78, 5) is 0.422. The number of nitriles is 1. The molecule has 0 spiro atoms. The van der Waals surface area contributed by atoms with E-state index >= 15 is 0 Å². The number of rotatable bonds is 5. The molecular weight excluding hydrogens is 320 g/mol. The molecule has 0 aliphatic carbocycles. The van der Waals surface area contributed by atoms with E-state index in [1.165, 1.54) is 24.5 Å². The number of benzene rings is 1. The maximum absolute atomic E-state index is 12.3. The monoisotopic (exact) mass is 334 g/mol. The molecule has 114 valence electrons. The number of thiophene rings is 1. The minimum Gasteiger partial charge on any atom is -0.497 e. The van der Waals surface area contributed by atoms with Crippen LogP contribution >= 0.6 is 11.3 Å². The number of ether oxygens (including phenoxy) is 1. The second-order valence-electron chi connectivity index (χ2n) is 4.42. The Morgan fingerprint density at radius 1 is 1.32 bits per heavy atom. The van der Waals surface area contributed by atoms with Crippen molar-refractivity contribution in [2.75, 3.05) is 11.8 Å². The molecule has 0 radical (unpaired) electrons. The summed E-state index contributed by atoms with van der Waals surface area (Å²) in [5, 5.41) is 11.0. The molecule has 0 fully saturated rings. The molecule has 1 aromatic heterocycles. The van der Waals surface area contributed by atoms with Gasteiger partial charge in [-0.1, -0.05) is 0 Å². The summed E-state index contributed by atoms with van der Waals surface area (Å²) < 4.78 is 32.0. The van der Waals surface area contributed by atoms with Gasteiger partial charge < -0.3 is 4.74 Å². The minimum absolute atomic E-state index is 0.325. The van der Waals surface area contributed by atoms with Crippen LogP contribution in [0.5, 0.6) is 5.75 Å². The zero-order chi connectivity index (χ0) is 16.2. The average Bonchev–Trinajstić information content (AvgIpc) is 2.90. The van der Waals surface area contributed by atoms with Crippen LogP contribution in [0.4, 0.5) is 5.69 Å². The van der Waals surface area contributed by atoms with Gasteiger partial charge in [0.25, 0.3) is 10.0 Å². The molecule has 2 rings (SSSR count). The van der Waals surface area contributed by atoms with Crippen LogP contribution in [0.3, 0.4) is 0 Å². The lowest BCUT2D eigenvalue weighted by Gasteiger charge is -2.07. The average molecular weight is 334 g/mol. The third kappa shape index (κ3) is 3.67. The number of nitrogens with one attached hydrogen (secondary N) is 1. The van der Waals surface area contributed by atoms with Crippen LogP contribution in [-0.2, 0) is 10.0 Å². The zero-order valence-electron chi connectivity index (χ0n) is 12.0. The highest BCUT2D eigenvalue weighted by atomic mass is 32.2. The molecule has 1 heterocycles. The van der Waals surface area contributed by atoms with Crippen molar-refractivity contribution in [1.82, 2.24) is 0 Å². The van der Waals surface area contributed by atoms with Gasteiger partial charge in [0.1, 0.15) is 11.8 Å². The van der Waals surface area contributed by atoms with Crippen molar-refractivity contribution < 1.29 is 13.2 Å². The molecule has 0 bridgehead atoms. The van der Waals surface area contributed by atoms with Crippen molar-refractivity contribution in [1.29, 1.82) is 5.26 Å². The molecule has 22 heavy (non-hydrogen) atoms. The molecule has 2 aromatic rings. The van der Waals surface area contributed by atoms with Crippen LogP contribution in [0.1, 0.15) is 10.4 Å². The summed E-state index contributed by atoms with van der Waals surface area (Å²) >= 11 is 1.38. The highest BCUT2D eigenvalue weighted by molar-refractivity contribution is 7.97. The summed E-state index contributed by atoms with van der Waals surface area (Å²) in [6, 6.07) is 10.0. The van der Waals surface area contributed by atoms with Crippen LogP contribution in [0.25, 0.3) is 6.08 Å². The summed E-state index contributed by atoms with van der Waals surface area (Å²) in [6.07, 6.45) is 1.38. The predicted octanol–water partition coefficient (Wildman–Crippen LogP) is 3.37. The van der Waals surface area contributed by atoms with Gasteiger partial charge in [0.15, 0.2) is 4.91 Å². The highest BCUT2D eigenvalue weighted by Crippen LogP contribution is 2.23. The van der Waals surface area contributed by atoms with Crippen molar-refractivity contribution in [3.05, 3.63) is 51.1 Å². The van der Waals surface area contributed by atoms with E-state index in [0.717, 1.165) is 10.4 Å². The van der Waals surface area contributed by atoms with E-state index in [1.54, 1.807) is 30.3 Å². The first-order valence-electron chi connectivity index (χ1n) is 6.29. The molecule has 0 saturated heterocycles. The smallest absolute Gasteiger partial charge is 0.272 e. The van der Waals surface area contributed by atoms with E-state index in [-0.39, 0.29) is 4.91 Å². The lowest BCUT2D eigenvalue weighted by Crippen LogP contribution is -2.14. The Bertz CT molecular complexity index is 828. The predicted molar refractivity (Wildman–Crippen MR) is 88.2 cm³/mol. The van der Waals surface area contributed by atoms with Gasteiger partial charge in [-0.3, -0.25) is 4.72 Å². The number of nitrogens with zero attached hydrogens (tertiary/aromatic N) is 1. The van der Waals surface area contributed by atoms with E-state index in [4.69, 9.17) is 10.00 Å². The lowest BCUT2D eigenvalue weighted by atomic mass is 10.3. The van der Waals surface area contributed by atoms with Crippen LogP contribution in [0.15, 0.2) is 40.6 Å². The Morgan fingerprint density at radius 2 is 2.00 bits per heavy atom. The Kier molecular flexibility index (Phi) is 4.85. The number of aryl methyl sites for hydroxylation is 1. The first kappa shape index (κ1) is 16.1. The van der Waals surface area contributed by atoms with E-state index < -0.39 is 10.0 Å². The second kappa shape index (κ2) is 6.64. The van der Waals surface area contributed by atoms with Gasteiger partial charge in [-0.25, -0.2) is 8.42 Å². The fourth-order valence-corrected chi connectivity index (χ4v) is 3.57. The molecule has 7 heteroatoms. The molecule has 0 saturated carbocycles. The van der Waals surface area contributed by atoms with Crippen LogP contribution in [0, 0.1) is 18.3 Å². The maximum Gasteiger partial charge on any atom is 0.272 e.